The van der Waals surface area contributed by atoms with Crippen LogP contribution in [0.1, 0.15) is 43.6 Å². The van der Waals surface area contributed by atoms with Crippen molar-refractivity contribution in [3.63, 3.8) is 0 Å². The molecule has 242 valence electrons. The first-order chi connectivity index (χ1) is 24.7. The van der Waals surface area contributed by atoms with E-state index in [1.54, 1.807) is 0 Å². The van der Waals surface area contributed by atoms with Crippen molar-refractivity contribution >= 4 is 43.8 Å². The molecule has 3 unspecified atom stereocenters. The lowest BCUT2D eigenvalue weighted by molar-refractivity contribution is -0.637. The maximum absolute atomic E-state index is 4.06. The first-order valence-corrected chi connectivity index (χ1v) is 18.1. The number of hydrogen-bond acceptors (Lipinski definition) is 1. The van der Waals surface area contributed by atoms with Gasteiger partial charge in [-0.2, -0.15) is 0 Å². The molecule has 0 spiro atoms. The van der Waals surface area contributed by atoms with E-state index >= 15 is 0 Å². The highest BCUT2D eigenvalue weighted by Crippen LogP contribution is 2.46. The van der Waals surface area contributed by atoms with Gasteiger partial charge in [-0.05, 0) is 93.6 Å². The van der Waals surface area contributed by atoms with Gasteiger partial charge in [0.2, 0.25) is 6.29 Å². The van der Waals surface area contributed by atoms with Crippen LogP contribution in [0.5, 0.6) is 0 Å². The molecule has 2 heterocycles. The minimum atomic E-state index is -0.0467. The second-order valence-electron chi connectivity index (χ2n) is 14.2. The summed E-state index contributed by atoms with van der Waals surface area (Å²) in [5.41, 5.74) is 14.8. The molecule has 0 amide bonds. The Labute approximate surface area is 293 Å². The molecule has 3 heteroatoms. The Morgan fingerprint density at radius 1 is 0.720 bits per heavy atom. The molecule has 1 aromatic heterocycles. The van der Waals surface area contributed by atoms with Gasteiger partial charge in [-0.1, -0.05) is 134 Å². The maximum Gasteiger partial charge on any atom is 0.229 e. The van der Waals surface area contributed by atoms with E-state index in [0.717, 1.165) is 19.3 Å². The number of nitrogens with two attached hydrogens (primary N) is 1. The minimum Gasteiger partial charge on any atom is -0.280 e. The molecule has 3 aliphatic carbocycles. The van der Waals surface area contributed by atoms with Crippen LogP contribution in [0.3, 0.4) is 0 Å². The molecule has 3 atom stereocenters. The van der Waals surface area contributed by atoms with Crippen molar-refractivity contribution in [1.82, 2.24) is 9.88 Å². The summed E-state index contributed by atoms with van der Waals surface area (Å²) in [4.78, 5) is 0. The predicted molar refractivity (Wildman–Crippen MR) is 209 cm³/mol. The van der Waals surface area contributed by atoms with Gasteiger partial charge >= 0.3 is 0 Å². The summed E-state index contributed by atoms with van der Waals surface area (Å²) in [6.45, 7) is 2.42. The summed E-state index contributed by atoms with van der Waals surface area (Å²) in [6.07, 6.45) is 19.3. The van der Waals surface area contributed by atoms with E-state index in [1.807, 2.05) is 0 Å². The second kappa shape index (κ2) is 11.8. The SMILES string of the molecule is CC1CC=C2C=CCCC2=C1c1cc2c(c3ccccc13)c1ccccc1n2C1NC2C=CC=CC2=C(c2ccc(-c3ccccc3)cc2)[NH2+]1. The molecular weight excluding hydrogens is 607 g/mol. The Hall–Kier alpha value is -5.48. The lowest BCUT2D eigenvalue weighted by Gasteiger charge is -2.33. The molecule has 0 radical (unpaired) electrons. The van der Waals surface area contributed by atoms with Crippen LogP contribution in [0.2, 0.25) is 0 Å². The van der Waals surface area contributed by atoms with Crippen LogP contribution in [0.4, 0.5) is 0 Å². The molecule has 1 aliphatic heterocycles. The third kappa shape index (κ3) is 4.65. The first-order valence-electron chi connectivity index (χ1n) is 18.1. The average Bonchev–Trinajstić information content (AvgIpc) is 3.52. The minimum absolute atomic E-state index is 0.0467. The molecule has 3 nitrogen and oxygen atoms in total. The fourth-order valence-corrected chi connectivity index (χ4v) is 9.01. The normalized spacial score (nSPS) is 21.6. The van der Waals surface area contributed by atoms with E-state index in [-0.39, 0.29) is 12.3 Å². The van der Waals surface area contributed by atoms with E-state index in [0.29, 0.717) is 5.92 Å². The zero-order valence-corrected chi connectivity index (χ0v) is 28.3. The number of para-hydroxylation sites is 1. The zero-order valence-electron chi connectivity index (χ0n) is 28.3. The topological polar surface area (TPSA) is 33.6 Å². The summed E-state index contributed by atoms with van der Waals surface area (Å²) in [5.74, 6) is 0.466. The van der Waals surface area contributed by atoms with Gasteiger partial charge in [0.15, 0.2) is 0 Å². The van der Waals surface area contributed by atoms with Gasteiger partial charge in [0.25, 0.3) is 0 Å². The zero-order chi connectivity index (χ0) is 33.2. The fourth-order valence-electron chi connectivity index (χ4n) is 9.01. The van der Waals surface area contributed by atoms with E-state index in [1.165, 1.54) is 82.8 Å². The number of quaternary nitrogens is 1. The van der Waals surface area contributed by atoms with Crippen LogP contribution >= 0.6 is 0 Å². The van der Waals surface area contributed by atoms with E-state index in [9.17, 15) is 0 Å². The largest absolute Gasteiger partial charge is 0.280 e. The molecule has 5 aromatic carbocycles. The lowest BCUT2D eigenvalue weighted by Crippen LogP contribution is -2.89. The number of benzene rings is 5. The third-order valence-corrected chi connectivity index (χ3v) is 11.3. The van der Waals surface area contributed by atoms with Gasteiger partial charge in [0.1, 0.15) is 5.70 Å². The molecule has 4 aliphatic rings. The van der Waals surface area contributed by atoms with Crippen molar-refractivity contribution in [2.24, 2.45) is 5.92 Å². The van der Waals surface area contributed by atoms with E-state index in [4.69, 9.17) is 0 Å². The van der Waals surface area contributed by atoms with Crippen LogP contribution in [-0.4, -0.2) is 10.6 Å². The van der Waals surface area contributed by atoms with Crippen LogP contribution < -0.4 is 10.6 Å². The molecule has 3 N–H and O–H groups in total. The highest BCUT2D eigenvalue weighted by molar-refractivity contribution is 6.23. The summed E-state index contributed by atoms with van der Waals surface area (Å²) in [5, 5.41) is 11.9. The van der Waals surface area contributed by atoms with Gasteiger partial charge in [0.05, 0.1) is 17.1 Å². The Bertz CT molecular complexity index is 2520. The third-order valence-electron chi connectivity index (χ3n) is 11.3. The molecule has 10 rings (SSSR count). The number of nitrogens with one attached hydrogen (secondary N) is 1. The van der Waals surface area contributed by atoms with Crippen LogP contribution in [0.15, 0.2) is 168 Å². The lowest BCUT2D eigenvalue weighted by atomic mass is 9.76. The van der Waals surface area contributed by atoms with Gasteiger partial charge in [0, 0.05) is 21.9 Å². The molecule has 0 saturated heterocycles. The Morgan fingerprint density at radius 3 is 2.32 bits per heavy atom. The summed E-state index contributed by atoms with van der Waals surface area (Å²) >= 11 is 0. The van der Waals surface area contributed by atoms with Crippen LogP contribution in [-0.2, 0) is 0 Å². The standard InChI is InChI=1S/C47H39N3/c1-30-23-24-33-15-5-6-16-35(33)44(30)40-29-43-45(37-18-8-7-17-36(37)40)39-20-10-12-22-42(39)50(43)47-48-41-21-11-9-19-38(41)46(49-47)34-27-25-32(26-28-34)31-13-3-2-4-14-31/h2-5,7-15,17-22,24-30,41,47-49H,6,16,23H2,1H3/p+1. The molecular formula is C47H40N3+. The Morgan fingerprint density at radius 2 is 1.46 bits per heavy atom. The number of allylic oxidation sites excluding steroid dienone is 8. The second-order valence-corrected chi connectivity index (χ2v) is 14.2. The monoisotopic (exact) mass is 646 g/mol. The number of aromatic nitrogens is 1. The molecule has 0 saturated carbocycles. The summed E-state index contributed by atoms with van der Waals surface area (Å²) < 4.78 is 2.58. The van der Waals surface area contributed by atoms with E-state index in [2.05, 4.69) is 174 Å². The van der Waals surface area contributed by atoms with Crippen molar-refractivity contribution in [2.75, 3.05) is 0 Å². The number of fused-ring (bicyclic) bond motifs is 7. The van der Waals surface area contributed by atoms with Crippen molar-refractivity contribution in [3.05, 3.63) is 180 Å². The van der Waals surface area contributed by atoms with Gasteiger partial charge in [-0.3, -0.25) is 9.88 Å². The average molecular weight is 647 g/mol. The quantitative estimate of drug-likeness (QED) is 0.196. The highest BCUT2D eigenvalue weighted by atomic mass is 15.3. The summed E-state index contributed by atoms with van der Waals surface area (Å²) in [7, 11) is 0. The first kappa shape index (κ1) is 29.4. The summed E-state index contributed by atoms with van der Waals surface area (Å²) in [6, 6.07) is 40.6. The number of nitrogens with zero attached hydrogens (tertiary/aromatic N) is 1. The van der Waals surface area contributed by atoms with Crippen LogP contribution in [0, 0.1) is 5.92 Å². The smallest absolute Gasteiger partial charge is 0.229 e. The maximum atomic E-state index is 4.06. The van der Waals surface area contributed by atoms with Crippen LogP contribution in [0.25, 0.3) is 55.0 Å². The highest BCUT2D eigenvalue weighted by Gasteiger charge is 2.35. The van der Waals surface area contributed by atoms with Gasteiger partial charge in [-0.25, -0.2) is 5.32 Å². The van der Waals surface area contributed by atoms with Gasteiger partial charge in [-0.15, -0.1) is 0 Å². The molecule has 0 bridgehead atoms. The number of rotatable bonds is 4. The Kier molecular flexibility index (Phi) is 6.97. The molecule has 6 aromatic rings. The van der Waals surface area contributed by atoms with Crippen molar-refractivity contribution in [1.29, 1.82) is 0 Å². The van der Waals surface area contributed by atoms with Gasteiger partial charge < -0.3 is 0 Å². The van der Waals surface area contributed by atoms with Crippen molar-refractivity contribution in [2.45, 2.75) is 38.5 Å². The van der Waals surface area contributed by atoms with Crippen molar-refractivity contribution < 1.29 is 5.32 Å². The molecule has 0 fully saturated rings. The number of hydrogen-bond donors (Lipinski definition) is 2. The van der Waals surface area contributed by atoms with E-state index < -0.39 is 0 Å². The fraction of sp³-hybridized carbons (Fsp3) is 0.149. The van der Waals surface area contributed by atoms with Crippen molar-refractivity contribution in [3.8, 4) is 11.1 Å². The Balaban J connectivity index is 1.18. The predicted octanol–water partition coefficient (Wildman–Crippen LogP) is 10.2. The molecule has 50 heavy (non-hydrogen) atoms.